The number of rotatable bonds is 15. The molecule has 8 rings (SSSR count). The number of carbonyl (C=O) groups is 4. The number of nitrogens with zero attached hydrogens (tertiary/aromatic N) is 6. The van der Waals surface area contributed by atoms with E-state index in [4.69, 9.17) is 0 Å². The van der Waals surface area contributed by atoms with Crippen molar-refractivity contribution in [2.45, 2.75) is 56.4 Å². The molecule has 366 valence electrons. The molecule has 3 saturated heterocycles. The van der Waals surface area contributed by atoms with Crippen LogP contribution in [0, 0.1) is 17.5 Å². The van der Waals surface area contributed by atoms with Crippen molar-refractivity contribution in [2.75, 3.05) is 72.7 Å². The smallest absolute Gasteiger partial charge is 0.301 e. The Kier molecular flexibility index (Phi) is 14.1. The quantitative estimate of drug-likeness (QED) is 0.0572. The maximum atomic E-state index is 15.7. The van der Waals surface area contributed by atoms with Gasteiger partial charge in [0.05, 0.1) is 29.0 Å². The Labute approximate surface area is 396 Å². The maximum Gasteiger partial charge on any atom is 0.301 e. The summed E-state index contributed by atoms with van der Waals surface area (Å²) in [6.45, 7) is 3.29. The number of ketones is 1. The van der Waals surface area contributed by atoms with Crippen LogP contribution >= 0.6 is 0 Å². The van der Waals surface area contributed by atoms with Crippen LogP contribution in [0.25, 0.3) is 22.2 Å². The lowest BCUT2D eigenvalue weighted by molar-refractivity contribution is -0.138. The van der Waals surface area contributed by atoms with Crippen LogP contribution in [0.15, 0.2) is 61.1 Å². The monoisotopic (exact) mass is 993 g/mol. The molecule has 2 aromatic carbocycles. The lowest BCUT2D eigenvalue weighted by Gasteiger charge is -2.41. The van der Waals surface area contributed by atoms with Gasteiger partial charge in [0.1, 0.15) is 29.1 Å². The van der Waals surface area contributed by atoms with Crippen LogP contribution in [0.4, 0.5) is 36.1 Å². The molecule has 0 radical (unpaired) electrons. The zero-order valence-corrected chi connectivity index (χ0v) is 39.0. The third-order valence-corrected chi connectivity index (χ3v) is 14.8. The van der Waals surface area contributed by atoms with Crippen molar-refractivity contribution in [3.8, 4) is 11.1 Å². The molecule has 3 aliphatic heterocycles. The summed E-state index contributed by atoms with van der Waals surface area (Å²) in [7, 11) is -2.96. The van der Waals surface area contributed by atoms with Crippen LogP contribution in [0.5, 0.6) is 0 Å². The molecular weight excluding hydrogens is 946 g/mol. The van der Waals surface area contributed by atoms with E-state index >= 15 is 13.2 Å². The molecular formula is C45H48F3N10O9S2-. The molecule has 3 aliphatic rings. The average molecular weight is 994 g/mol. The number of aliphatic hydroxyl groups is 1. The van der Waals surface area contributed by atoms with Gasteiger partial charge in [-0.3, -0.25) is 33.4 Å². The van der Waals surface area contributed by atoms with E-state index in [9.17, 15) is 41.5 Å². The number of amides is 3. The zero-order chi connectivity index (χ0) is 49.4. The standard InChI is InChI=1S/C45H49F3N10O9S2/c1-3-55(2)69(66,67)54-34-6-5-32(46)39(40(34)48)41(61)31-24-50-42-30(31)19-27(22-49-42)26-18-28(25-68(64)65)43(51-23-26)58-16-14-57(15-17-58)38(60)21-45(63)10-12-56(13-11-45)36-8-4-29(20-33(36)47)52-35-7-9-37(59)53-44(35)62/h4-6,8,18-20,22-24,35,52,54,63H,3,7,9-17,21,25H2,1-2H3,(H,49,50)(H,64,65)(H,53,59,62)/p-1. The number of fused-ring (bicyclic) bond motifs is 1. The largest absolute Gasteiger partial charge is 0.772 e. The highest BCUT2D eigenvalue weighted by Crippen LogP contribution is 2.34. The van der Waals surface area contributed by atoms with E-state index in [1.807, 2.05) is 9.62 Å². The zero-order valence-electron chi connectivity index (χ0n) is 37.4. The van der Waals surface area contributed by atoms with E-state index in [0.717, 1.165) is 16.4 Å². The van der Waals surface area contributed by atoms with Crippen molar-refractivity contribution in [3.05, 3.63) is 95.2 Å². The average Bonchev–Trinajstić information content (AvgIpc) is 3.74. The first kappa shape index (κ1) is 49.0. The molecule has 0 aliphatic carbocycles. The first-order valence-electron chi connectivity index (χ1n) is 22.0. The summed E-state index contributed by atoms with van der Waals surface area (Å²) in [5, 5.41) is 16.9. The molecule has 24 heteroatoms. The number of hydrogen-bond donors (Lipinski definition) is 5. The number of pyridine rings is 2. The topological polar surface area (TPSA) is 253 Å². The molecule has 3 aromatic heterocycles. The van der Waals surface area contributed by atoms with Crippen LogP contribution in [-0.2, 0) is 41.4 Å². The second-order valence-corrected chi connectivity index (χ2v) is 19.9. The minimum absolute atomic E-state index is 0.0563. The number of piperidine rings is 2. The summed E-state index contributed by atoms with van der Waals surface area (Å²) in [6, 6.07) is 8.64. The van der Waals surface area contributed by atoms with Gasteiger partial charge >= 0.3 is 10.2 Å². The predicted octanol–water partition coefficient (Wildman–Crippen LogP) is 3.55. The number of aromatic nitrogens is 3. The van der Waals surface area contributed by atoms with Gasteiger partial charge in [-0.15, -0.1) is 0 Å². The first-order chi connectivity index (χ1) is 32.8. The minimum atomic E-state index is -4.22. The van der Waals surface area contributed by atoms with E-state index in [0.29, 0.717) is 53.4 Å². The fourth-order valence-corrected chi connectivity index (χ4v) is 10.1. The fraction of sp³-hybridized carbons (Fsp3) is 0.378. The van der Waals surface area contributed by atoms with E-state index in [1.165, 1.54) is 37.8 Å². The van der Waals surface area contributed by atoms with Crippen molar-refractivity contribution >= 4 is 78.7 Å². The van der Waals surface area contributed by atoms with Crippen LogP contribution in [0.2, 0.25) is 0 Å². The second-order valence-electron chi connectivity index (χ2n) is 17.2. The SMILES string of the molecule is CCN(C)S(=O)(=O)Nc1ccc(F)c(C(=O)c2c[nH]c3ncc(-c4cnc(N5CCN(C(=O)CC6(O)CCN(c7ccc(NC8CCC(=O)NC8=O)cc7F)CC6)CC5)c(CS(=O)[O-])c4)cc23)c1F. The third kappa shape index (κ3) is 10.6. The number of piperazine rings is 1. The molecule has 5 aromatic rings. The number of hydrogen-bond acceptors (Lipinski definition) is 14. The number of nitrogens with one attached hydrogen (secondary N) is 4. The van der Waals surface area contributed by atoms with Crippen molar-refractivity contribution < 1.29 is 54.6 Å². The van der Waals surface area contributed by atoms with Gasteiger partial charge in [0.15, 0.2) is 5.82 Å². The molecule has 69 heavy (non-hydrogen) atoms. The number of benzene rings is 2. The van der Waals surface area contributed by atoms with Crippen molar-refractivity contribution in [1.29, 1.82) is 0 Å². The molecule has 0 spiro atoms. The molecule has 0 saturated carbocycles. The van der Waals surface area contributed by atoms with Gasteiger partial charge in [0.25, 0.3) is 0 Å². The Balaban J connectivity index is 0.906. The third-order valence-electron chi connectivity index (χ3n) is 12.7. The highest BCUT2D eigenvalue weighted by molar-refractivity contribution is 7.90. The van der Waals surface area contributed by atoms with Crippen LogP contribution < -0.4 is 25.2 Å². The van der Waals surface area contributed by atoms with Gasteiger partial charge < -0.3 is 34.7 Å². The van der Waals surface area contributed by atoms with E-state index in [2.05, 4.69) is 25.6 Å². The number of H-pyrrole nitrogens is 1. The molecule has 3 amide bonds. The number of imide groups is 1. The Morgan fingerprint density at radius 3 is 2.36 bits per heavy atom. The summed E-state index contributed by atoms with van der Waals surface area (Å²) in [5.74, 6) is -5.39. The summed E-state index contributed by atoms with van der Waals surface area (Å²) >= 11 is -2.54. The Morgan fingerprint density at radius 2 is 1.68 bits per heavy atom. The van der Waals surface area contributed by atoms with E-state index in [-0.39, 0.29) is 86.8 Å². The lowest BCUT2D eigenvalue weighted by atomic mass is 9.87. The summed E-state index contributed by atoms with van der Waals surface area (Å²) in [5.41, 5.74) is -1.08. The fourth-order valence-electron chi connectivity index (χ4n) is 8.68. The molecule has 0 bridgehead atoms. The Bertz CT molecular complexity index is 2980. The van der Waals surface area contributed by atoms with Gasteiger partial charge in [-0.2, -0.15) is 12.7 Å². The number of aromatic amines is 1. The predicted molar refractivity (Wildman–Crippen MR) is 249 cm³/mol. The van der Waals surface area contributed by atoms with Gasteiger partial charge in [0.2, 0.25) is 23.5 Å². The van der Waals surface area contributed by atoms with Gasteiger partial charge in [-0.05, 0) is 61.7 Å². The minimum Gasteiger partial charge on any atom is -0.772 e. The van der Waals surface area contributed by atoms with Crippen molar-refractivity contribution in [2.24, 2.45) is 0 Å². The molecule has 5 N–H and O–H groups in total. The number of carbonyl (C=O) groups excluding carboxylic acids is 4. The van der Waals surface area contributed by atoms with Crippen LogP contribution in [0.1, 0.15) is 60.5 Å². The second kappa shape index (κ2) is 19.9. The van der Waals surface area contributed by atoms with Crippen molar-refractivity contribution in [3.63, 3.8) is 0 Å². The van der Waals surface area contributed by atoms with Gasteiger partial charge in [0, 0.05) is 117 Å². The Morgan fingerprint density at radius 1 is 0.971 bits per heavy atom. The molecule has 2 unspecified atom stereocenters. The van der Waals surface area contributed by atoms with Crippen LogP contribution in [-0.4, -0.2) is 134 Å². The van der Waals surface area contributed by atoms with Gasteiger partial charge in [-0.25, -0.2) is 23.1 Å². The highest BCUT2D eigenvalue weighted by Gasteiger charge is 2.38. The van der Waals surface area contributed by atoms with Crippen molar-refractivity contribution in [1.82, 2.24) is 29.5 Å². The first-order valence-corrected chi connectivity index (χ1v) is 24.7. The van der Waals surface area contributed by atoms with E-state index in [1.54, 1.807) is 34.9 Å². The van der Waals surface area contributed by atoms with E-state index < -0.39 is 79.1 Å². The molecule has 2 atom stereocenters. The molecule has 6 heterocycles. The number of anilines is 4. The Hall–Kier alpha value is -6.47. The highest BCUT2D eigenvalue weighted by atomic mass is 32.2. The summed E-state index contributed by atoms with van der Waals surface area (Å²) in [6.07, 6.45) is 4.91. The normalized spacial score (nSPS) is 18.1. The van der Waals surface area contributed by atoms with Crippen LogP contribution in [0.3, 0.4) is 0 Å². The number of halogens is 3. The molecule has 19 nitrogen and oxygen atoms in total. The maximum absolute atomic E-state index is 15.7. The lowest BCUT2D eigenvalue weighted by Crippen LogP contribution is -2.52. The summed E-state index contributed by atoms with van der Waals surface area (Å²) < 4.78 is 98.5. The summed E-state index contributed by atoms with van der Waals surface area (Å²) in [4.78, 5) is 68.0. The van der Waals surface area contributed by atoms with Gasteiger partial charge in [-0.1, -0.05) is 18.0 Å². The molecule has 3 fully saturated rings.